The van der Waals surface area contributed by atoms with Crippen LogP contribution < -0.4 is 10.6 Å². The van der Waals surface area contributed by atoms with E-state index in [1.165, 1.54) is 12.1 Å². The molecule has 1 atom stereocenters. The number of nitrogens with one attached hydrogen (secondary N) is 2. The van der Waals surface area contributed by atoms with Crippen molar-refractivity contribution in [3.8, 4) is 0 Å². The van der Waals surface area contributed by atoms with Crippen LogP contribution in [-0.2, 0) is 12.7 Å². The van der Waals surface area contributed by atoms with E-state index in [1.807, 2.05) is 13.8 Å². The molecular weight excluding hydrogens is 373 g/mol. The molecule has 10 heteroatoms. The molecule has 28 heavy (non-hydrogen) atoms. The van der Waals surface area contributed by atoms with Gasteiger partial charge in [-0.3, -0.25) is 0 Å². The third-order valence-electron chi connectivity index (χ3n) is 4.30. The molecule has 0 saturated carbocycles. The Kier molecular flexibility index (Phi) is 5.68. The number of fused-ring (bicyclic) bond motifs is 1. The van der Waals surface area contributed by atoms with Gasteiger partial charge in [-0.2, -0.15) is 23.1 Å². The molecule has 0 unspecified atom stereocenters. The topological polar surface area (TPSA) is 87.9 Å². The maximum absolute atomic E-state index is 13.0. The molecule has 3 N–H and O–H groups in total. The number of hydrogen-bond acceptors (Lipinski definition) is 6. The second kappa shape index (κ2) is 8.01. The highest BCUT2D eigenvalue weighted by molar-refractivity contribution is 5.86. The molecule has 2 aromatic heterocycles. The average molecular weight is 394 g/mol. The highest BCUT2D eigenvalue weighted by Crippen LogP contribution is 2.32. The van der Waals surface area contributed by atoms with E-state index in [4.69, 9.17) is 0 Å². The number of rotatable bonds is 7. The summed E-state index contributed by atoms with van der Waals surface area (Å²) in [6.07, 6.45) is -2.18. The Morgan fingerprint density at radius 2 is 2.00 bits per heavy atom. The Morgan fingerprint density at radius 3 is 2.64 bits per heavy atom. The fraction of sp³-hybridized carbons (Fsp3) is 0.389. The minimum Gasteiger partial charge on any atom is -0.394 e. The number of aromatic nitrogens is 4. The zero-order chi connectivity index (χ0) is 20.3. The molecule has 0 bridgehead atoms. The number of nitrogens with zero attached hydrogens (tertiary/aromatic N) is 4. The molecule has 0 radical (unpaired) electrons. The summed E-state index contributed by atoms with van der Waals surface area (Å²) in [6.45, 7) is 4.36. The lowest BCUT2D eigenvalue weighted by Gasteiger charge is -2.16. The summed E-state index contributed by atoms with van der Waals surface area (Å²) >= 11 is 0. The first-order valence-electron chi connectivity index (χ1n) is 8.90. The number of aryl methyl sites for hydroxylation is 1. The van der Waals surface area contributed by atoms with Crippen molar-refractivity contribution in [2.75, 3.05) is 17.2 Å². The van der Waals surface area contributed by atoms with E-state index in [9.17, 15) is 18.3 Å². The van der Waals surface area contributed by atoms with E-state index in [-0.39, 0.29) is 30.1 Å². The van der Waals surface area contributed by atoms with E-state index < -0.39 is 11.7 Å². The molecule has 150 valence electrons. The summed E-state index contributed by atoms with van der Waals surface area (Å²) in [4.78, 5) is 13.1. The van der Waals surface area contributed by atoms with Gasteiger partial charge >= 0.3 is 6.18 Å². The fourth-order valence-electron chi connectivity index (χ4n) is 2.70. The SMILES string of the molecule is CC[C@H](CO)Nc1nc(Nc2cccc(C(F)(F)F)c2)c2ncn(CC)c2n1. The van der Waals surface area contributed by atoms with Crippen LogP contribution in [0.2, 0.25) is 0 Å². The second-order valence-corrected chi connectivity index (χ2v) is 6.23. The summed E-state index contributed by atoms with van der Waals surface area (Å²) in [5, 5.41) is 15.4. The lowest BCUT2D eigenvalue weighted by atomic mass is 10.2. The van der Waals surface area contributed by atoms with Crippen molar-refractivity contribution in [1.82, 2.24) is 19.5 Å². The molecule has 0 aliphatic carbocycles. The monoisotopic (exact) mass is 394 g/mol. The van der Waals surface area contributed by atoms with Crippen molar-refractivity contribution in [1.29, 1.82) is 0 Å². The first-order chi connectivity index (χ1) is 13.4. The first kappa shape index (κ1) is 19.9. The van der Waals surface area contributed by atoms with Gasteiger partial charge in [-0.15, -0.1) is 0 Å². The van der Waals surface area contributed by atoms with Gasteiger partial charge in [-0.25, -0.2) is 4.98 Å². The van der Waals surface area contributed by atoms with E-state index in [1.54, 1.807) is 10.9 Å². The van der Waals surface area contributed by atoms with Crippen LogP contribution in [0.5, 0.6) is 0 Å². The molecule has 3 aromatic rings. The van der Waals surface area contributed by atoms with Crippen LogP contribution >= 0.6 is 0 Å². The third kappa shape index (κ3) is 4.16. The summed E-state index contributed by atoms with van der Waals surface area (Å²) in [6, 6.07) is 4.63. The van der Waals surface area contributed by atoms with Crippen molar-refractivity contribution in [2.45, 2.75) is 39.0 Å². The predicted octanol–water partition coefficient (Wildman–Crippen LogP) is 3.79. The van der Waals surface area contributed by atoms with Gasteiger partial charge in [0.15, 0.2) is 17.0 Å². The summed E-state index contributed by atoms with van der Waals surface area (Å²) in [5.41, 5.74) is 0.469. The van der Waals surface area contributed by atoms with Crippen LogP contribution in [0.1, 0.15) is 25.8 Å². The molecule has 2 heterocycles. The van der Waals surface area contributed by atoms with E-state index >= 15 is 0 Å². The molecule has 0 fully saturated rings. The van der Waals surface area contributed by atoms with E-state index in [0.717, 1.165) is 12.1 Å². The maximum Gasteiger partial charge on any atom is 0.416 e. The number of halogens is 3. The minimum atomic E-state index is -4.44. The molecule has 0 saturated heterocycles. The normalized spacial score (nSPS) is 12.9. The van der Waals surface area contributed by atoms with Gasteiger partial charge in [0.2, 0.25) is 5.95 Å². The largest absolute Gasteiger partial charge is 0.416 e. The predicted molar refractivity (Wildman–Crippen MR) is 101 cm³/mol. The average Bonchev–Trinajstić information content (AvgIpc) is 3.09. The molecule has 0 aliphatic heterocycles. The summed E-state index contributed by atoms with van der Waals surface area (Å²) in [7, 11) is 0. The van der Waals surface area contributed by atoms with Crippen LogP contribution in [0.15, 0.2) is 30.6 Å². The standard InChI is InChI=1S/C18H21F3N6O/c1-3-12(9-28)24-17-25-15(14-16(26-17)27(4-2)10-22-14)23-13-7-5-6-11(8-13)18(19,20)21/h5-8,10,12,28H,3-4,9H2,1-2H3,(H2,23,24,25,26)/t12-/m1/s1. The van der Waals surface area contributed by atoms with Gasteiger partial charge in [0.25, 0.3) is 0 Å². The Morgan fingerprint density at radius 1 is 1.21 bits per heavy atom. The van der Waals surface area contributed by atoms with Crippen LogP contribution in [-0.4, -0.2) is 37.3 Å². The van der Waals surface area contributed by atoms with Gasteiger partial charge in [-0.1, -0.05) is 13.0 Å². The molecule has 1 aromatic carbocycles. The second-order valence-electron chi connectivity index (χ2n) is 6.23. The van der Waals surface area contributed by atoms with Gasteiger partial charge in [0.1, 0.15) is 0 Å². The number of hydrogen-bond donors (Lipinski definition) is 3. The number of benzene rings is 1. The molecular formula is C18H21F3N6O. The van der Waals surface area contributed by atoms with Gasteiger partial charge in [0, 0.05) is 12.2 Å². The first-order valence-corrected chi connectivity index (χ1v) is 8.90. The molecule has 7 nitrogen and oxygen atoms in total. The third-order valence-corrected chi connectivity index (χ3v) is 4.30. The molecule has 0 amide bonds. The number of anilines is 3. The lowest BCUT2D eigenvalue weighted by molar-refractivity contribution is -0.137. The summed E-state index contributed by atoms with van der Waals surface area (Å²) in [5.74, 6) is 0.546. The van der Waals surface area contributed by atoms with Gasteiger partial charge < -0.3 is 20.3 Å². The van der Waals surface area contributed by atoms with Crippen LogP contribution in [0, 0.1) is 0 Å². The minimum absolute atomic E-state index is 0.0959. The van der Waals surface area contributed by atoms with E-state index in [0.29, 0.717) is 24.1 Å². The zero-order valence-corrected chi connectivity index (χ0v) is 15.5. The number of imidazole rings is 1. The van der Waals surface area contributed by atoms with Crippen molar-refractivity contribution in [3.63, 3.8) is 0 Å². The van der Waals surface area contributed by atoms with Crippen molar-refractivity contribution in [2.24, 2.45) is 0 Å². The van der Waals surface area contributed by atoms with Crippen molar-refractivity contribution >= 4 is 28.6 Å². The number of aliphatic hydroxyl groups is 1. The Bertz CT molecular complexity index is 952. The van der Waals surface area contributed by atoms with Crippen LogP contribution in [0.3, 0.4) is 0 Å². The Labute approximate surface area is 159 Å². The molecule has 0 aliphatic rings. The quantitative estimate of drug-likeness (QED) is 0.565. The smallest absolute Gasteiger partial charge is 0.394 e. The Balaban J connectivity index is 2.03. The number of aliphatic hydroxyl groups excluding tert-OH is 1. The van der Waals surface area contributed by atoms with Crippen LogP contribution in [0.4, 0.5) is 30.6 Å². The molecule has 3 rings (SSSR count). The van der Waals surface area contributed by atoms with Gasteiger partial charge in [0.05, 0.1) is 24.5 Å². The number of alkyl halides is 3. The zero-order valence-electron chi connectivity index (χ0n) is 15.5. The Hall–Kier alpha value is -2.88. The highest BCUT2D eigenvalue weighted by Gasteiger charge is 2.30. The van der Waals surface area contributed by atoms with E-state index in [2.05, 4.69) is 25.6 Å². The van der Waals surface area contributed by atoms with Gasteiger partial charge in [-0.05, 0) is 31.5 Å². The lowest BCUT2D eigenvalue weighted by Crippen LogP contribution is -2.24. The van der Waals surface area contributed by atoms with Crippen LogP contribution in [0.25, 0.3) is 11.2 Å². The van der Waals surface area contributed by atoms with Crippen molar-refractivity contribution in [3.05, 3.63) is 36.2 Å². The van der Waals surface area contributed by atoms with Crippen molar-refractivity contribution < 1.29 is 18.3 Å². The summed E-state index contributed by atoms with van der Waals surface area (Å²) < 4.78 is 40.8. The highest BCUT2D eigenvalue weighted by atomic mass is 19.4. The molecule has 0 spiro atoms. The maximum atomic E-state index is 13.0. The fourth-order valence-corrected chi connectivity index (χ4v) is 2.70.